The van der Waals surface area contributed by atoms with Crippen LogP contribution in [0, 0.1) is 0 Å². The van der Waals surface area contributed by atoms with Gasteiger partial charge in [0, 0.05) is 23.7 Å². The van der Waals surface area contributed by atoms with Gasteiger partial charge in [-0.3, -0.25) is 5.10 Å². The molecule has 23 heavy (non-hydrogen) atoms. The van der Waals surface area contributed by atoms with E-state index >= 15 is 0 Å². The molecule has 0 amide bonds. The summed E-state index contributed by atoms with van der Waals surface area (Å²) in [6, 6.07) is 8.12. The fourth-order valence-electron chi connectivity index (χ4n) is 2.64. The molecule has 0 radical (unpaired) electrons. The van der Waals surface area contributed by atoms with Crippen LogP contribution in [0.5, 0.6) is 0 Å². The lowest BCUT2D eigenvalue weighted by Crippen LogP contribution is -2.10. The van der Waals surface area contributed by atoms with Crippen molar-refractivity contribution in [2.24, 2.45) is 0 Å². The van der Waals surface area contributed by atoms with Crippen molar-refractivity contribution >= 4 is 38.3 Å². The Labute approximate surface area is 137 Å². The number of aromatic amines is 1. The van der Waals surface area contributed by atoms with E-state index in [0.717, 1.165) is 43.9 Å². The van der Waals surface area contributed by atoms with Crippen molar-refractivity contribution in [3.63, 3.8) is 0 Å². The predicted molar refractivity (Wildman–Crippen MR) is 94.3 cm³/mol. The first kappa shape index (κ1) is 14.1. The highest BCUT2D eigenvalue weighted by Crippen LogP contribution is 2.34. The fraction of sp³-hybridized carbons (Fsp3) is 0.188. The summed E-state index contributed by atoms with van der Waals surface area (Å²) in [6.45, 7) is 0.798. The molecule has 0 fully saturated rings. The van der Waals surface area contributed by atoms with Gasteiger partial charge in [-0.05, 0) is 26.2 Å². The lowest BCUT2D eigenvalue weighted by molar-refractivity contribution is 0.402. The number of nitrogens with zero attached hydrogens (tertiary/aromatic N) is 4. The predicted octanol–water partition coefficient (Wildman–Crippen LogP) is 2.88. The molecule has 4 rings (SSSR count). The molecule has 0 aliphatic heterocycles. The molecule has 7 heteroatoms. The van der Waals surface area contributed by atoms with Crippen LogP contribution in [-0.4, -0.2) is 39.2 Å². The smallest absolute Gasteiger partial charge is 0.151 e. The zero-order valence-corrected chi connectivity index (χ0v) is 13.7. The Morgan fingerprint density at radius 1 is 1.22 bits per heavy atom. The van der Waals surface area contributed by atoms with Gasteiger partial charge in [0.1, 0.15) is 10.5 Å². The molecule has 0 saturated heterocycles. The van der Waals surface area contributed by atoms with E-state index in [0.29, 0.717) is 5.82 Å². The standard InChI is InChI=1S/C16H16N6S/c1-22(2)8-13-20-14-15(23-13)10-4-3-9(11-5-6-18-21-11)7-12(10)19-16(14)17/h3-7H,8H2,1-2H3,(H2,17,19)(H,18,21). The number of benzene rings is 1. The third-order valence-corrected chi connectivity index (χ3v) is 4.73. The lowest BCUT2D eigenvalue weighted by Gasteiger charge is -2.04. The Hall–Kier alpha value is -2.51. The van der Waals surface area contributed by atoms with E-state index in [2.05, 4.69) is 37.2 Å². The van der Waals surface area contributed by atoms with Crippen LogP contribution < -0.4 is 5.73 Å². The lowest BCUT2D eigenvalue weighted by atomic mass is 10.1. The van der Waals surface area contributed by atoms with E-state index in [4.69, 9.17) is 5.73 Å². The Balaban J connectivity index is 1.92. The third-order valence-electron chi connectivity index (χ3n) is 3.66. The Morgan fingerprint density at radius 3 is 2.83 bits per heavy atom. The molecular weight excluding hydrogens is 308 g/mol. The number of nitrogen functional groups attached to an aromatic ring is 1. The van der Waals surface area contributed by atoms with Crippen LogP contribution in [-0.2, 0) is 6.54 Å². The van der Waals surface area contributed by atoms with Crippen molar-refractivity contribution in [1.82, 2.24) is 25.1 Å². The average Bonchev–Trinajstić information content (AvgIpc) is 3.15. The summed E-state index contributed by atoms with van der Waals surface area (Å²) in [5, 5.41) is 9.09. The Bertz CT molecular complexity index is 987. The molecule has 3 N–H and O–H groups in total. The maximum Gasteiger partial charge on any atom is 0.151 e. The van der Waals surface area contributed by atoms with Crippen LogP contribution in [0.2, 0.25) is 0 Å². The van der Waals surface area contributed by atoms with Crippen LogP contribution in [0.3, 0.4) is 0 Å². The van der Waals surface area contributed by atoms with Gasteiger partial charge in [0.2, 0.25) is 0 Å². The first-order chi connectivity index (χ1) is 11.1. The minimum atomic E-state index is 0.482. The zero-order valence-electron chi connectivity index (χ0n) is 12.9. The maximum atomic E-state index is 6.13. The number of nitrogens with one attached hydrogen (secondary N) is 1. The SMILES string of the molecule is CN(C)Cc1nc2c(N)nc3cc(-c4ccn[nH]4)ccc3c2s1. The summed E-state index contributed by atoms with van der Waals surface area (Å²) in [7, 11) is 4.06. The van der Waals surface area contributed by atoms with Crippen LogP contribution >= 0.6 is 11.3 Å². The number of thiazole rings is 1. The summed E-state index contributed by atoms with van der Waals surface area (Å²) in [4.78, 5) is 11.3. The van der Waals surface area contributed by atoms with E-state index in [9.17, 15) is 0 Å². The van der Waals surface area contributed by atoms with E-state index < -0.39 is 0 Å². The Morgan fingerprint density at radius 2 is 2.09 bits per heavy atom. The van der Waals surface area contributed by atoms with Crippen molar-refractivity contribution in [2.45, 2.75) is 6.54 Å². The Kier molecular flexibility index (Phi) is 3.24. The minimum absolute atomic E-state index is 0.482. The number of anilines is 1. The van der Waals surface area contributed by atoms with Gasteiger partial charge in [0.05, 0.1) is 15.9 Å². The summed E-state index contributed by atoms with van der Waals surface area (Å²) in [5.74, 6) is 0.482. The van der Waals surface area contributed by atoms with Crippen molar-refractivity contribution in [3.05, 3.63) is 35.5 Å². The molecule has 116 valence electrons. The van der Waals surface area contributed by atoms with Crippen molar-refractivity contribution in [2.75, 3.05) is 19.8 Å². The van der Waals surface area contributed by atoms with Crippen molar-refractivity contribution in [1.29, 1.82) is 0 Å². The molecule has 0 unspecified atom stereocenters. The van der Waals surface area contributed by atoms with Crippen molar-refractivity contribution < 1.29 is 0 Å². The van der Waals surface area contributed by atoms with Gasteiger partial charge in [0.25, 0.3) is 0 Å². The number of aromatic nitrogens is 4. The minimum Gasteiger partial charge on any atom is -0.382 e. The maximum absolute atomic E-state index is 6.13. The van der Waals surface area contributed by atoms with E-state index in [1.165, 1.54) is 0 Å². The molecule has 0 saturated carbocycles. The van der Waals surface area contributed by atoms with Crippen LogP contribution in [0.25, 0.3) is 32.4 Å². The zero-order chi connectivity index (χ0) is 16.0. The van der Waals surface area contributed by atoms with Gasteiger partial charge < -0.3 is 10.6 Å². The van der Waals surface area contributed by atoms with Gasteiger partial charge in [-0.1, -0.05) is 12.1 Å². The second-order valence-corrected chi connectivity index (χ2v) is 6.81. The van der Waals surface area contributed by atoms with Crippen LogP contribution in [0.1, 0.15) is 5.01 Å². The van der Waals surface area contributed by atoms with Gasteiger partial charge in [-0.15, -0.1) is 11.3 Å². The van der Waals surface area contributed by atoms with Gasteiger partial charge in [0.15, 0.2) is 5.82 Å². The number of pyridine rings is 1. The van der Waals surface area contributed by atoms with Crippen LogP contribution in [0.4, 0.5) is 5.82 Å². The van der Waals surface area contributed by atoms with Crippen LogP contribution in [0.15, 0.2) is 30.5 Å². The number of H-pyrrole nitrogens is 1. The number of fused-ring (bicyclic) bond motifs is 3. The first-order valence-electron chi connectivity index (χ1n) is 7.25. The second kappa shape index (κ2) is 5.29. The topological polar surface area (TPSA) is 83.7 Å². The molecule has 0 atom stereocenters. The summed E-state index contributed by atoms with van der Waals surface area (Å²) in [5.41, 5.74) is 9.82. The molecule has 0 spiro atoms. The van der Waals surface area contributed by atoms with Crippen molar-refractivity contribution in [3.8, 4) is 11.3 Å². The van der Waals surface area contributed by atoms with E-state index in [1.807, 2.05) is 26.2 Å². The molecule has 6 nitrogen and oxygen atoms in total. The highest BCUT2D eigenvalue weighted by atomic mass is 32.1. The quantitative estimate of drug-likeness (QED) is 0.605. The largest absolute Gasteiger partial charge is 0.382 e. The number of rotatable bonds is 3. The second-order valence-electron chi connectivity index (χ2n) is 5.72. The molecule has 0 bridgehead atoms. The third kappa shape index (κ3) is 2.43. The molecule has 3 aromatic heterocycles. The van der Waals surface area contributed by atoms with E-state index in [-0.39, 0.29) is 0 Å². The molecule has 1 aromatic carbocycles. The monoisotopic (exact) mass is 324 g/mol. The van der Waals surface area contributed by atoms with Gasteiger partial charge in [-0.2, -0.15) is 5.10 Å². The fourth-order valence-corrected chi connectivity index (χ4v) is 3.87. The molecule has 4 aromatic rings. The van der Waals surface area contributed by atoms with Gasteiger partial charge in [-0.25, -0.2) is 9.97 Å². The van der Waals surface area contributed by atoms with E-state index in [1.54, 1.807) is 17.5 Å². The molecule has 0 aliphatic rings. The number of hydrogen-bond donors (Lipinski definition) is 2. The molecule has 3 heterocycles. The highest BCUT2D eigenvalue weighted by molar-refractivity contribution is 7.19. The average molecular weight is 324 g/mol. The highest BCUT2D eigenvalue weighted by Gasteiger charge is 2.13. The first-order valence-corrected chi connectivity index (χ1v) is 8.06. The number of nitrogens with two attached hydrogens (primary N) is 1. The summed E-state index contributed by atoms with van der Waals surface area (Å²) >= 11 is 1.68. The molecule has 0 aliphatic carbocycles. The normalized spacial score (nSPS) is 11.8. The summed E-state index contributed by atoms with van der Waals surface area (Å²) in [6.07, 6.45) is 1.74. The molecular formula is C16H16N6S. The van der Waals surface area contributed by atoms with Gasteiger partial charge >= 0.3 is 0 Å². The summed E-state index contributed by atoms with van der Waals surface area (Å²) < 4.78 is 1.10. The number of hydrogen-bond acceptors (Lipinski definition) is 6.